The molecule has 1 fully saturated rings. The Labute approximate surface area is 106 Å². The number of aromatic nitrogens is 3. The number of morpholine rings is 1. The third-order valence-electron chi connectivity index (χ3n) is 2.40. The fourth-order valence-corrected chi connectivity index (χ4v) is 1.55. The van der Waals surface area contributed by atoms with Gasteiger partial charge in [-0.05, 0) is 6.92 Å². The second-order valence-electron chi connectivity index (χ2n) is 3.71. The molecule has 2 N–H and O–H groups in total. The lowest BCUT2D eigenvalue weighted by atomic mass is 10.5. The van der Waals surface area contributed by atoms with Gasteiger partial charge in [-0.2, -0.15) is 15.0 Å². The summed E-state index contributed by atoms with van der Waals surface area (Å²) < 4.78 is 10.3. The maximum Gasteiger partial charge on any atom is 0.322 e. The fourth-order valence-electron chi connectivity index (χ4n) is 1.55. The van der Waals surface area contributed by atoms with Gasteiger partial charge in [-0.1, -0.05) is 0 Å². The zero-order chi connectivity index (χ0) is 12.8. The van der Waals surface area contributed by atoms with Crippen LogP contribution in [0.4, 0.5) is 11.9 Å². The third kappa shape index (κ3) is 3.41. The molecule has 100 valence electrons. The quantitative estimate of drug-likeness (QED) is 0.758. The summed E-state index contributed by atoms with van der Waals surface area (Å²) in [5, 5.41) is 5.04. The average molecular weight is 254 g/mol. The molecule has 1 aromatic rings. The molecule has 1 aromatic heterocycles. The summed E-state index contributed by atoms with van der Waals surface area (Å²) in [5.74, 6) is 0.972. The molecular formula is C10H18N6O2. The summed E-state index contributed by atoms with van der Waals surface area (Å²) in [6.07, 6.45) is 0. The largest absolute Gasteiger partial charge is 0.467 e. The first kappa shape index (κ1) is 12.8. The van der Waals surface area contributed by atoms with E-state index in [0.29, 0.717) is 25.1 Å². The Morgan fingerprint density at radius 3 is 2.61 bits per heavy atom. The maximum absolute atomic E-state index is 5.27. The van der Waals surface area contributed by atoms with Crippen LogP contribution in [0.15, 0.2) is 0 Å². The van der Waals surface area contributed by atoms with E-state index in [0.717, 1.165) is 19.6 Å². The fraction of sp³-hybridized carbons (Fsp3) is 0.700. The van der Waals surface area contributed by atoms with E-state index >= 15 is 0 Å². The molecule has 1 aliphatic rings. The van der Waals surface area contributed by atoms with Crippen molar-refractivity contribution in [3.63, 3.8) is 0 Å². The van der Waals surface area contributed by atoms with Gasteiger partial charge in [0, 0.05) is 19.6 Å². The van der Waals surface area contributed by atoms with Crippen LogP contribution in [0.3, 0.4) is 0 Å². The molecule has 0 bridgehead atoms. The van der Waals surface area contributed by atoms with Crippen molar-refractivity contribution in [3.8, 4) is 6.01 Å². The smallest absolute Gasteiger partial charge is 0.322 e. The second-order valence-corrected chi connectivity index (χ2v) is 3.71. The molecule has 1 aliphatic heterocycles. The molecule has 8 nitrogen and oxygen atoms in total. The Morgan fingerprint density at radius 1 is 1.22 bits per heavy atom. The Balaban J connectivity index is 2.07. The minimum Gasteiger partial charge on any atom is -0.467 e. The highest BCUT2D eigenvalue weighted by Crippen LogP contribution is 2.11. The van der Waals surface area contributed by atoms with E-state index in [1.807, 2.05) is 11.9 Å². The Morgan fingerprint density at radius 2 is 1.94 bits per heavy atom. The predicted molar refractivity (Wildman–Crippen MR) is 66.6 cm³/mol. The van der Waals surface area contributed by atoms with Crippen LogP contribution in [-0.4, -0.2) is 59.9 Å². The first-order chi connectivity index (χ1) is 8.81. The van der Waals surface area contributed by atoms with Gasteiger partial charge in [-0.3, -0.25) is 5.43 Å². The number of rotatable bonds is 5. The van der Waals surface area contributed by atoms with Gasteiger partial charge >= 0.3 is 6.01 Å². The topological polar surface area (TPSA) is 84.4 Å². The van der Waals surface area contributed by atoms with E-state index in [1.165, 1.54) is 7.11 Å². The summed E-state index contributed by atoms with van der Waals surface area (Å²) >= 11 is 0. The number of methoxy groups -OCH3 is 1. The highest BCUT2D eigenvalue weighted by atomic mass is 16.5. The molecule has 0 aromatic carbocycles. The van der Waals surface area contributed by atoms with Gasteiger partial charge in [0.2, 0.25) is 11.9 Å². The normalized spacial score (nSPS) is 16.3. The SMILES string of the molecule is CCNc1nc(NN2CCOCC2)nc(OC)n1. The molecule has 0 unspecified atom stereocenters. The highest BCUT2D eigenvalue weighted by molar-refractivity contribution is 5.35. The number of anilines is 2. The Bertz CT molecular complexity index is 383. The van der Waals surface area contributed by atoms with Crippen molar-refractivity contribution < 1.29 is 9.47 Å². The van der Waals surface area contributed by atoms with Crippen molar-refractivity contribution >= 4 is 11.9 Å². The molecule has 1 saturated heterocycles. The minimum atomic E-state index is 0.289. The van der Waals surface area contributed by atoms with E-state index in [1.54, 1.807) is 0 Å². The third-order valence-corrected chi connectivity index (χ3v) is 2.40. The lowest BCUT2D eigenvalue weighted by molar-refractivity contribution is 0.0492. The summed E-state index contributed by atoms with van der Waals surface area (Å²) in [5.41, 5.74) is 3.13. The minimum absolute atomic E-state index is 0.289. The van der Waals surface area contributed by atoms with Crippen LogP contribution in [0, 0.1) is 0 Å². The number of hydrogen-bond donors (Lipinski definition) is 2. The molecule has 0 amide bonds. The van der Waals surface area contributed by atoms with Gasteiger partial charge in [-0.15, -0.1) is 0 Å². The monoisotopic (exact) mass is 254 g/mol. The molecule has 0 aliphatic carbocycles. The molecule has 0 saturated carbocycles. The number of nitrogens with zero attached hydrogens (tertiary/aromatic N) is 4. The van der Waals surface area contributed by atoms with Crippen LogP contribution in [-0.2, 0) is 4.74 Å². The maximum atomic E-state index is 5.27. The lowest BCUT2D eigenvalue weighted by Crippen LogP contribution is -2.40. The van der Waals surface area contributed by atoms with Crippen molar-refractivity contribution in [1.29, 1.82) is 0 Å². The van der Waals surface area contributed by atoms with E-state index in [4.69, 9.17) is 9.47 Å². The number of ether oxygens (including phenoxy) is 2. The van der Waals surface area contributed by atoms with E-state index in [9.17, 15) is 0 Å². The Hall–Kier alpha value is -1.67. The average Bonchev–Trinajstić information content (AvgIpc) is 2.40. The summed E-state index contributed by atoms with van der Waals surface area (Å²) in [6.45, 7) is 5.72. The van der Waals surface area contributed by atoms with Crippen LogP contribution in [0.1, 0.15) is 6.92 Å². The van der Waals surface area contributed by atoms with Crippen molar-refractivity contribution in [3.05, 3.63) is 0 Å². The first-order valence-corrected chi connectivity index (χ1v) is 5.95. The number of hydrazine groups is 1. The van der Waals surface area contributed by atoms with Crippen molar-refractivity contribution in [1.82, 2.24) is 20.0 Å². The van der Waals surface area contributed by atoms with Crippen LogP contribution in [0.5, 0.6) is 6.01 Å². The highest BCUT2D eigenvalue weighted by Gasteiger charge is 2.13. The molecule has 0 radical (unpaired) electrons. The van der Waals surface area contributed by atoms with Crippen LogP contribution in [0.25, 0.3) is 0 Å². The lowest BCUT2D eigenvalue weighted by Gasteiger charge is -2.26. The van der Waals surface area contributed by atoms with Crippen molar-refractivity contribution in [2.24, 2.45) is 0 Å². The van der Waals surface area contributed by atoms with E-state index in [2.05, 4.69) is 25.7 Å². The summed E-state index contributed by atoms with van der Waals surface area (Å²) in [6, 6.07) is 0.289. The van der Waals surface area contributed by atoms with E-state index in [-0.39, 0.29) is 6.01 Å². The Kier molecular flexibility index (Phi) is 4.48. The predicted octanol–water partition coefficient (Wildman–Crippen LogP) is -0.0289. The van der Waals surface area contributed by atoms with Crippen LogP contribution in [0.2, 0.25) is 0 Å². The van der Waals surface area contributed by atoms with Gasteiger partial charge in [0.25, 0.3) is 0 Å². The zero-order valence-corrected chi connectivity index (χ0v) is 10.6. The van der Waals surface area contributed by atoms with Crippen LogP contribution >= 0.6 is 0 Å². The van der Waals surface area contributed by atoms with Gasteiger partial charge < -0.3 is 14.8 Å². The van der Waals surface area contributed by atoms with Crippen molar-refractivity contribution in [2.75, 3.05) is 50.7 Å². The molecule has 2 heterocycles. The molecule has 8 heteroatoms. The van der Waals surface area contributed by atoms with Gasteiger partial charge in [0.1, 0.15) is 0 Å². The standard InChI is InChI=1S/C10H18N6O2/c1-3-11-8-12-9(14-10(13-8)17-2)15-16-4-6-18-7-5-16/h3-7H2,1-2H3,(H2,11,12,13,14,15). The zero-order valence-electron chi connectivity index (χ0n) is 10.6. The first-order valence-electron chi connectivity index (χ1n) is 5.95. The number of nitrogens with one attached hydrogen (secondary N) is 2. The van der Waals surface area contributed by atoms with Crippen LogP contribution < -0.4 is 15.5 Å². The molecule has 2 rings (SSSR count). The van der Waals surface area contributed by atoms with Gasteiger partial charge in [0.05, 0.1) is 20.3 Å². The summed E-state index contributed by atoms with van der Waals surface area (Å²) in [4.78, 5) is 12.5. The van der Waals surface area contributed by atoms with E-state index < -0.39 is 0 Å². The van der Waals surface area contributed by atoms with Crippen molar-refractivity contribution in [2.45, 2.75) is 6.92 Å². The molecule has 18 heavy (non-hydrogen) atoms. The molecular weight excluding hydrogens is 236 g/mol. The molecule has 0 spiro atoms. The second kappa shape index (κ2) is 6.31. The number of hydrogen-bond acceptors (Lipinski definition) is 8. The summed E-state index contributed by atoms with van der Waals surface area (Å²) in [7, 11) is 1.53. The molecule has 0 atom stereocenters. The van der Waals surface area contributed by atoms with Gasteiger partial charge in [-0.25, -0.2) is 5.01 Å². The van der Waals surface area contributed by atoms with Gasteiger partial charge in [0.15, 0.2) is 0 Å².